The second-order valence-electron chi connectivity index (χ2n) is 4.85. The van der Waals surface area contributed by atoms with Crippen molar-refractivity contribution in [3.8, 4) is 11.4 Å². The highest BCUT2D eigenvalue weighted by Gasteiger charge is 2.16. The number of aromatic amines is 1. The van der Waals surface area contributed by atoms with Gasteiger partial charge in [0, 0.05) is 18.8 Å². The molecule has 0 saturated heterocycles. The molecule has 0 spiro atoms. The second kappa shape index (κ2) is 5.65. The molecular weight excluding hydrogens is 302 g/mol. The van der Waals surface area contributed by atoms with Crippen LogP contribution in [-0.4, -0.2) is 25.7 Å². The third kappa shape index (κ3) is 2.60. The van der Waals surface area contributed by atoms with Gasteiger partial charge in [0.25, 0.3) is 5.91 Å². The molecule has 2 N–H and O–H groups in total. The highest BCUT2D eigenvalue weighted by atomic mass is 35.5. The molecule has 0 radical (unpaired) electrons. The Labute approximate surface area is 132 Å². The van der Waals surface area contributed by atoms with E-state index in [0.29, 0.717) is 22.5 Å². The molecule has 2 heterocycles. The quantitative estimate of drug-likeness (QED) is 0.780. The fourth-order valence-corrected chi connectivity index (χ4v) is 2.33. The van der Waals surface area contributed by atoms with Crippen molar-refractivity contribution in [2.45, 2.75) is 6.92 Å². The monoisotopic (exact) mass is 315 g/mol. The second-order valence-corrected chi connectivity index (χ2v) is 5.26. The Bertz CT molecular complexity index is 836. The molecule has 0 bridgehead atoms. The minimum atomic E-state index is -0.260. The summed E-state index contributed by atoms with van der Waals surface area (Å²) in [6.45, 7) is 1.86. The molecule has 7 heteroatoms. The van der Waals surface area contributed by atoms with Crippen LogP contribution in [0.2, 0.25) is 5.02 Å². The van der Waals surface area contributed by atoms with Crippen LogP contribution in [0.15, 0.2) is 36.5 Å². The summed E-state index contributed by atoms with van der Waals surface area (Å²) >= 11 is 6.15. The van der Waals surface area contributed by atoms with Crippen molar-refractivity contribution in [1.29, 1.82) is 0 Å². The highest BCUT2D eigenvalue weighted by molar-refractivity contribution is 6.33. The van der Waals surface area contributed by atoms with Crippen LogP contribution in [0, 0.1) is 6.92 Å². The van der Waals surface area contributed by atoms with Gasteiger partial charge in [-0.05, 0) is 30.7 Å². The fraction of sp³-hybridized carbons (Fsp3) is 0.133. The Morgan fingerprint density at radius 2 is 2.09 bits per heavy atom. The van der Waals surface area contributed by atoms with Crippen molar-refractivity contribution in [2.24, 2.45) is 7.05 Å². The third-order valence-electron chi connectivity index (χ3n) is 3.29. The van der Waals surface area contributed by atoms with Crippen LogP contribution in [0.5, 0.6) is 0 Å². The van der Waals surface area contributed by atoms with Crippen LogP contribution in [0.25, 0.3) is 11.4 Å². The van der Waals surface area contributed by atoms with E-state index in [1.54, 1.807) is 19.3 Å². The number of nitrogens with one attached hydrogen (secondary N) is 2. The predicted octanol–water partition coefficient (Wildman–Crippen LogP) is 3.02. The normalized spacial score (nSPS) is 10.7. The van der Waals surface area contributed by atoms with Crippen molar-refractivity contribution >= 4 is 23.5 Å². The van der Waals surface area contributed by atoms with E-state index in [2.05, 4.69) is 20.4 Å². The predicted molar refractivity (Wildman–Crippen MR) is 84.9 cm³/mol. The van der Waals surface area contributed by atoms with Gasteiger partial charge in [0.15, 0.2) is 5.82 Å². The topological polar surface area (TPSA) is 75.6 Å². The van der Waals surface area contributed by atoms with E-state index >= 15 is 0 Å². The molecule has 0 fully saturated rings. The molecule has 112 valence electrons. The molecule has 0 aliphatic rings. The van der Waals surface area contributed by atoms with E-state index in [9.17, 15) is 4.79 Å². The number of aryl methyl sites for hydroxylation is 2. The number of carbonyl (C=O) groups excluding carboxylic acids is 1. The van der Waals surface area contributed by atoms with Gasteiger partial charge >= 0.3 is 0 Å². The number of hydrogen-bond donors (Lipinski definition) is 2. The zero-order valence-corrected chi connectivity index (χ0v) is 12.8. The number of halogens is 1. The van der Waals surface area contributed by atoms with Crippen LogP contribution in [0.1, 0.15) is 16.1 Å². The number of aromatic nitrogens is 4. The van der Waals surface area contributed by atoms with E-state index in [1.165, 1.54) is 4.68 Å². The lowest BCUT2D eigenvalue weighted by Gasteiger charge is -2.02. The summed E-state index contributed by atoms with van der Waals surface area (Å²) in [4.78, 5) is 19.5. The lowest BCUT2D eigenvalue weighted by atomic mass is 10.2. The molecule has 22 heavy (non-hydrogen) atoms. The highest BCUT2D eigenvalue weighted by Crippen LogP contribution is 2.25. The molecule has 0 atom stereocenters. The standard InChI is InChI=1S/C15H14ClN5O/c1-9-7-8-17-12(9)14(22)19-15-18-13(20-21(15)2)10-5-3-4-6-11(10)16/h3-8,17H,1-2H3,(H,18,19,20,22). The van der Waals surface area contributed by atoms with E-state index in [1.807, 2.05) is 31.2 Å². The first-order valence-electron chi connectivity index (χ1n) is 6.67. The van der Waals surface area contributed by atoms with Gasteiger partial charge in [-0.3, -0.25) is 10.1 Å². The molecule has 3 aromatic rings. The molecule has 0 aliphatic carbocycles. The number of anilines is 1. The molecule has 6 nitrogen and oxygen atoms in total. The van der Waals surface area contributed by atoms with Gasteiger partial charge in [0.2, 0.25) is 5.95 Å². The number of hydrogen-bond acceptors (Lipinski definition) is 3. The zero-order valence-electron chi connectivity index (χ0n) is 12.1. The number of benzene rings is 1. The van der Waals surface area contributed by atoms with Crippen molar-refractivity contribution < 1.29 is 4.79 Å². The van der Waals surface area contributed by atoms with Crippen LogP contribution in [0.4, 0.5) is 5.95 Å². The Hall–Kier alpha value is -2.60. The molecule has 3 rings (SSSR count). The first-order chi connectivity index (χ1) is 10.6. The fourth-order valence-electron chi connectivity index (χ4n) is 2.11. The van der Waals surface area contributed by atoms with Crippen molar-refractivity contribution in [1.82, 2.24) is 19.7 Å². The van der Waals surface area contributed by atoms with E-state index in [-0.39, 0.29) is 5.91 Å². The maximum atomic E-state index is 12.2. The van der Waals surface area contributed by atoms with E-state index < -0.39 is 0 Å². The van der Waals surface area contributed by atoms with E-state index in [0.717, 1.165) is 11.1 Å². The lowest BCUT2D eigenvalue weighted by molar-refractivity contribution is 0.102. The number of amides is 1. The molecule has 0 unspecified atom stereocenters. The molecule has 2 aromatic heterocycles. The summed E-state index contributed by atoms with van der Waals surface area (Å²) in [5.41, 5.74) is 2.09. The maximum absolute atomic E-state index is 12.2. The van der Waals surface area contributed by atoms with Gasteiger partial charge in [-0.2, -0.15) is 4.98 Å². The van der Waals surface area contributed by atoms with E-state index in [4.69, 9.17) is 11.6 Å². The van der Waals surface area contributed by atoms with Gasteiger partial charge in [-0.1, -0.05) is 23.7 Å². The van der Waals surface area contributed by atoms with Crippen molar-refractivity contribution in [3.63, 3.8) is 0 Å². The Morgan fingerprint density at radius 1 is 1.32 bits per heavy atom. The minimum absolute atomic E-state index is 0.260. The Balaban J connectivity index is 1.89. The summed E-state index contributed by atoms with van der Waals surface area (Å²) in [6, 6.07) is 9.14. The van der Waals surface area contributed by atoms with Crippen LogP contribution in [0.3, 0.4) is 0 Å². The van der Waals surface area contributed by atoms with Crippen LogP contribution < -0.4 is 5.32 Å². The molecule has 0 saturated carbocycles. The summed E-state index contributed by atoms with van der Waals surface area (Å²) in [5, 5.41) is 7.60. The number of carbonyl (C=O) groups is 1. The van der Waals surface area contributed by atoms with Gasteiger partial charge in [0.05, 0.1) is 5.02 Å². The Morgan fingerprint density at radius 3 is 2.77 bits per heavy atom. The SMILES string of the molecule is Cc1cc[nH]c1C(=O)Nc1nc(-c2ccccc2Cl)nn1C. The average Bonchev–Trinajstić information content (AvgIpc) is 3.06. The van der Waals surface area contributed by atoms with Gasteiger partial charge < -0.3 is 4.98 Å². The number of H-pyrrole nitrogens is 1. The summed E-state index contributed by atoms with van der Waals surface area (Å²) in [5.74, 6) is 0.559. The van der Waals surface area contributed by atoms with Gasteiger partial charge in [-0.15, -0.1) is 5.10 Å². The summed E-state index contributed by atoms with van der Waals surface area (Å²) in [6.07, 6.45) is 1.72. The van der Waals surface area contributed by atoms with Crippen molar-refractivity contribution in [2.75, 3.05) is 5.32 Å². The first-order valence-corrected chi connectivity index (χ1v) is 7.05. The van der Waals surface area contributed by atoms with Gasteiger partial charge in [-0.25, -0.2) is 4.68 Å². The smallest absolute Gasteiger partial charge is 0.274 e. The largest absolute Gasteiger partial charge is 0.357 e. The zero-order chi connectivity index (χ0) is 15.7. The lowest BCUT2D eigenvalue weighted by Crippen LogP contribution is -2.16. The van der Waals surface area contributed by atoms with Crippen molar-refractivity contribution in [3.05, 3.63) is 52.8 Å². The summed E-state index contributed by atoms with van der Waals surface area (Å²) in [7, 11) is 1.71. The van der Waals surface area contributed by atoms with Gasteiger partial charge in [0.1, 0.15) is 5.69 Å². The third-order valence-corrected chi connectivity index (χ3v) is 3.62. The molecule has 1 amide bonds. The molecule has 0 aliphatic heterocycles. The number of rotatable bonds is 3. The first kappa shape index (κ1) is 14.3. The molecular formula is C15H14ClN5O. The Kier molecular flexibility index (Phi) is 3.68. The number of nitrogens with zero attached hydrogens (tertiary/aromatic N) is 3. The minimum Gasteiger partial charge on any atom is -0.357 e. The van der Waals surface area contributed by atoms with Crippen LogP contribution in [-0.2, 0) is 7.05 Å². The maximum Gasteiger partial charge on any atom is 0.274 e. The average molecular weight is 316 g/mol. The van der Waals surface area contributed by atoms with Crippen LogP contribution >= 0.6 is 11.6 Å². The summed E-state index contributed by atoms with van der Waals surface area (Å²) < 4.78 is 1.51. The molecule has 1 aromatic carbocycles.